The van der Waals surface area contributed by atoms with Crippen molar-refractivity contribution in [2.45, 2.75) is 36.7 Å². The van der Waals surface area contributed by atoms with E-state index in [1.54, 1.807) is 53.4 Å². The van der Waals surface area contributed by atoms with Gasteiger partial charge in [-0.3, -0.25) is 15.0 Å². The highest BCUT2D eigenvalue weighted by atomic mass is 35.5. The second-order valence-corrected chi connectivity index (χ2v) is 11.4. The van der Waals surface area contributed by atoms with Crippen molar-refractivity contribution in [1.82, 2.24) is 4.90 Å². The third-order valence-corrected chi connectivity index (χ3v) is 8.15. The number of nitrogen functional groups attached to an aromatic ring is 1. The largest absolute Gasteiger partial charge is 0.462 e. The summed E-state index contributed by atoms with van der Waals surface area (Å²) in [4.78, 5) is 28.7. The minimum atomic E-state index is -1.69. The molecule has 3 aromatic carbocycles. The van der Waals surface area contributed by atoms with Gasteiger partial charge in [-0.2, -0.15) is 0 Å². The molecule has 47 heavy (non-hydrogen) atoms. The summed E-state index contributed by atoms with van der Waals surface area (Å²) in [6.07, 6.45) is -7.66. The molecule has 0 radical (unpaired) electrons. The molecule has 2 heterocycles. The Morgan fingerprint density at radius 1 is 1.00 bits per heavy atom. The van der Waals surface area contributed by atoms with Crippen LogP contribution in [0.5, 0.6) is 5.75 Å². The number of ether oxygens (including phenoxy) is 3. The number of para-hydroxylation sites is 1. The van der Waals surface area contributed by atoms with E-state index in [-0.39, 0.29) is 33.6 Å². The monoisotopic (exact) mass is 669 g/mol. The van der Waals surface area contributed by atoms with E-state index in [0.717, 1.165) is 0 Å². The third kappa shape index (κ3) is 7.82. The molecule has 2 aliphatic heterocycles. The number of amidine groups is 1. The number of nitrogens with zero attached hydrogens (tertiary/aromatic N) is 1. The van der Waals surface area contributed by atoms with Crippen LogP contribution >= 0.6 is 11.6 Å². The van der Waals surface area contributed by atoms with Crippen LogP contribution in [0.2, 0.25) is 5.02 Å². The average Bonchev–Trinajstić information content (AvgIpc) is 3.08. The number of carbonyl (C=O) groups is 2. The van der Waals surface area contributed by atoms with E-state index in [1.165, 1.54) is 18.2 Å². The van der Waals surface area contributed by atoms with E-state index >= 15 is 0 Å². The van der Waals surface area contributed by atoms with Crippen LogP contribution in [-0.2, 0) is 14.3 Å². The molecule has 6 atom stereocenters. The second kappa shape index (κ2) is 15.1. The first-order valence-corrected chi connectivity index (χ1v) is 15.2. The number of rotatable bonds is 10. The number of anilines is 2. The van der Waals surface area contributed by atoms with E-state index < -0.39 is 49.3 Å². The highest BCUT2D eigenvalue weighted by Gasteiger charge is 2.45. The molecule has 0 bridgehead atoms. The minimum Gasteiger partial charge on any atom is -0.462 e. The number of morpholine rings is 1. The number of hydrogen-bond acceptors (Lipinski definition) is 11. The van der Waals surface area contributed by atoms with Gasteiger partial charge in [0.25, 0.3) is 11.8 Å². The van der Waals surface area contributed by atoms with Gasteiger partial charge < -0.3 is 55.9 Å². The van der Waals surface area contributed by atoms with Gasteiger partial charge in [0.15, 0.2) is 0 Å². The maximum atomic E-state index is 14.0. The van der Waals surface area contributed by atoms with Crippen molar-refractivity contribution in [3.05, 3.63) is 88.4 Å². The number of carbonyl (C=O) groups excluding carboxylic acids is 2. The van der Waals surface area contributed by atoms with Crippen LogP contribution in [0.1, 0.15) is 27.5 Å². The number of hydrogen-bond donors (Lipinski definition) is 8. The number of benzene rings is 3. The van der Waals surface area contributed by atoms with Crippen LogP contribution < -0.4 is 21.1 Å². The van der Waals surface area contributed by atoms with Gasteiger partial charge >= 0.3 is 0 Å². The lowest BCUT2D eigenvalue weighted by Gasteiger charge is -2.39. The second-order valence-electron chi connectivity index (χ2n) is 11.0. The van der Waals surface area contributed by atoms with Crippen molar-refractivity contribution in [3.63, 3.8) is 0 Å². The standard InChI is InChI=1S/C32H36ClN5O9/c33-22-15-19(8-9-20(22)31(44)38-10-12-45-13-11-38)37-30(43)25(36-18-5-3-4-17(14-18)29(34)35)21-6-1-2-7-23(21)46-32-28(42)27(41)26(40)24(16-39)47-32/h1-9,14-15,24-28,32,36,39-42H,10-13,16H2,(H3,34,35)(H,37,43). The highest BCUT2D eigenvalue weighted by Crippen LogP contribution is 2.33. The van der Waals surface area contributed by atoms with Gasteiger partial charge in [0.1, 0.15) is 42.0 Å². The van der Waals surface area contributed by atoms with Gasteiger partial charge in [-0.25, -0.2) is 0 Å². The summed E-state index contributed by atoms with van der Waals surface area (Å²) in [5.41, 5.74) is 7.39. The fourth-order valence-corrected chi connectivity index (χ4v) is 5.52. The van der Waals surface area contributed by atoms with Crippen molar-refractivity contribution >= 4 is 40.6 Å². The van der Waals surface area contributed by atoms with Crippen LogP contribution in [0.25, 0.3) is 0 Å². The fraction of sp³-hybridized carbons (Fsp3) is 0.344. The summed E-state index contributed by atoms with van der Waals surface area (Å²) < 4.78 is 16.8. The van der Waals surface area contributed by atoms with Crippen molar-refractivity contribution in [1.29, 1.82) is 5.41 Å². The van der Waals surface area contributed by atoms with Crippen LogP contribution in [-0.4, -0.2) is 107 Å². The summed E-state index contributed by atoms with van der Waals surface area (Å²) in [7, 11) is 0. The molecule has 6 unspecified atom stereocenters. The zero-order chi connectivity index (χ0) is 33.7. The van der Waals surface area contributed by atoms with Gasteiger partial charge in [-0.05, 0) is 36.4 Å². The highest BCUT2D eigenvalue weighted by molar-refractivity contribution is 6.34. The molecule has 0 saturated carbocycles. The average molecular weight is 670 g/mol. The van der Waals surface area contributed by atoms with Gasteiger partial charge in [0.2, 0.25) is 6.29 Å². The maximum absolute atomic E-state index is 14.0. The molecule has 2 amide bonds. The Kier molecular flexibility index (Phi) is 10.9. The third-order valence-electron chi connectivity index (χ3n) is 7.83. The van der Waals surface area contributed by atoms with E-state index in [4.69, 9.17) is 37.0 Å². The first kappa shape index (κ1) is 34.1. The number of aliphatic hydroxyl groups excluding tert-OH is 4. The summed E-state index contributed by atoms with van der Waals surface area (Å²) in [6.45, 7) is 1.10. The molecule has 2 fully saturated rings. The Morgan fingerprint density at radius 2 is 1.74 bits per heavy atom. The quantitative estimate of drug-likeness (QED) is 0.113. The molecular formula is C32H36ClN5O9. The molecule has 3 aromatic rings. The summed E-state index contributed by atoms with van der Waals surface area (Å²) >= 11 is 6.50. The van der Waals surface area contributed by atoms with E-state index in [2.05, 4.69) is 10.6 Å². The molecular weight excluding hydrogens is 634 g/mol. The predicted molar refractivity (Wildman–Crippen MR) is 171 cm³/mol. The predicted octanol–water partition coefficient (Wildman–Crippen LogP) is 1.07. The number of nitrogens with one attached hydrogen (secondary N) is 3. The Balaban J connectivity index is 1.44. The van der Waals surface area contributed by atoms with Gasteiger partial charge in [-0.1, -0.05) is 41.9 Å². The topological polar surface area (TPSA) is 220 Å². The Morgan fingerprint density at radius 3 is 2.45 bits per heavy atom. The molecule has 15 heteroatoms. The lowest BCUT2D eigenvalue weighted by atomic mass is 9.99. The van der Waals surface area contributed by atoms with Crippen molar-refractivity contribution in [2.24, 2.45) is 5.73 Å². The first-order chi connectivity index (χ1) is 22.6. The SMILES string of the molecule is N=C(N)c1cccc(NC(C(=O)Nc2ccc(C(=O)N3CCOCC3)c(Cl)c2)c2ccccc2OC2OC(CO)C(O)C(O)C2O)c1. The summed E-state index contributed by atoms with van der Waals surface area (Å²) in [5, 5.41) is 54.6. The Hall–Kier alpha value is -4.28. The summed E-state index contributed by atoms with van der Waals surface area (Å²) in [5.74, 6) is -0.925. The molecule has 0 aromatic heterocycles. The van der Waals surface area contributed by atoms with Crippen LogP contribution in [0.4, 0.5) is 11.4 Å². The molecule has 0 spiro atoms. The molecule has 9 N–H and O–H groups in total. The molecule has 250 valence electrons. The van der Waals surface area contributed by atoms with Crippen LogP contribution in [0, 0.1) is 5.41 Å². The maximum Gasteiger partial charge on any atom is 0.255 e. The van der Waals surface area contributed by atoms with Gasteiger partial charge in [-0.15, -0.1) is 0 Å². The molecule has 2 aliphatic rings. The van der Waals surface area contributed by atoms with Crippen LogP contribution in [0.15, 0.2) is 66.7 Å². The minimum absolute atomic E-state index is 0.0803. The smallest absolute Gasteiger partial charge is 0.255 e. The summed E-state index contributed by atoms with van der Waals surface area (Å²) in [6, 6.07) is 16.4. The number of nitrogens with two attached hydrogens (primary N) is 1. The number of halogens is 1. The first-order valence-electron chi connectivity index (χ1n) is 14.8. The van der Waals surface area contributed by atoms with Crippen molar-refractivity contribution < 1.29 is 44.2 Å². The van der Waals surface area contributed by atoms with E-state index in [9.17, 15) is 30.0 Å². The Labute approximate surface area is 275 Å². The Bertz CT molecular complexity index is 1600. The van der Waals surface area contributed by atoms with Crippen LogP contribution in [0.3, 0.4) is 0 Å². The van der Waals surface area contributed by atoms with Crippen molar-refractivity contribution in [3.8, 4) is 5.75 Å². The molecule has 2 saturated heterocycles. The zero-order valence-corrected chi connectivity index (χ0v) is 25.8. The van der Waals surface area contributed by atoms with Gasteiger partial charge in [0.05, 0.1) is 30.4 Å². The lowest BCUT2D eigenvalue weighted by molar-refractivity contribution is -0.277. The molecule has 0 aliphatic carbocycles. The van der Waals surface area contributed by atoms with E-state index in [0.29, 0.717) is 43.2 Å². The number of amides is 2. The number of aliphatic hydroxyl groups is 4. The fourth-order valence-electron chi connectivity index (χ4n) is 5.26. The molecule has 14 nitrogen and oxygen atoms in total. The zero-order valence-electron chi connectivity index (χ0n) is 25.1. The lowest BCUT2D eigenvalue weighted by Crippen LogP contribution is -2.60. The van der Waals surface area contributed by atoms with Crippen molar-refractivity contribution in [2.75, 3.05) is 43.5 Å². The van der Waals surface area contributed by atoms with E-state index in [1.807, 2.05) is 0 Å². The normalized spacial score (nSPS) is 23.4. The molecule has 5 rings (SSSR count). The van der Waals surface area contributed by atoms with Gasteiger partial charge in [0, 0.05) is 35.6 Å².